The van der Waals surface area contributed by atoms with Crippen molar-refractivity contribution in [2.45, 2.75) is 13.5 Å². The van der Waals surface area contributed by atoms with E-state index in [-0.39, 0.29) is 42.7 Å². The molecule has 0 atom stereocenters. The fourth-order valence-electron chi connectivity index (χ4n) is 2.45. The molecule has 0 fully saturated rings. The van der Waals surface area contributed by atoms with Gasteiger partial charge in [-0.05, 0) is 30.0 Å². The lowest BCUT2D eigenvalue weighted by Crippen LogP contribution is -2.34. The van der Waals surface area contributed by atoms with Gasteiger partial charge in [-0.3, -0.25) is 9.59 Å². The third kappa shape index (κ3) is 5.01. The lowest BCUT2D eigenvalue weighted by Gasteiger charge is -2.05. The Labute approximate surface area is 168 Å². The van der Waals surface area contributed by atoms with Gasteiger partial charge in [0.15, 0.2) is 5.82 Å². The third-order valence-electron chi connectivity index (χ3n) is 3.89. The van der Waals surface area contributed by atoms with Crippen molar-refractivity contribution in [2.24, 2.45) is 0 Å². The molecule has 3 aromatic rings. The van der Waals surface area contributed by atoms with E-state index in [1.807, 2.05) is 0 Å². The summed E-state index contributed by atoms with van der Waals surface area (Å²) in [6.07, 6.45) is 0. The standard InChI is InChI=1S/C17H16FN7O5/c1-10-7-14(25(28)29)22-24(10)9-13-21-17(30-23-13)16(27)20-6-5-19-15(26)11-3-2-4-12(18)8-11/h2-4,7-8H,5-6,9H2,1H3,(H,19,26)(H,20,27). The first-order chi connectivity index (χ1) is 14.3. The van der Waals surface area contributed by atoms with Crippen molar-refractivity contribution in [3.8, 4) is 0 Å². The first kappa shape index (κ1) is 20.6. The summed E-state index contributed by atoms with van der Waals surface area (Å²) < 4.78 is 19.3. The molecule has 1 aromatic carbocycles. The van der Waals surface area contributed by atoms with Gasteiger partial charge in [-0.1, -0.05) is 11.2 Å². The van der Waals surface area contributed by atoms with Crippen molar-refractivity contribution in [1.29, 1.82) is 0 Å². The molecule has 2 heterocycles. The van der Waals surface area contributed by atoms with Crippen molar-refractivity contribution >= 4 is 17.6 Å². The number of nitrogens with zero attached hydrogens (tertiary/aromatic N) is 5. The number of rotatable bonds is 8. The molecule has 2 aromatic heterocycles. The zero-order valence-electron chi connectivity index (χ0n) is 15.7. The topological polar surface area (TPSA) is 158 Å². The average molecular weight is 417 g/mol. The number of halogens is 1. The summed E-state index contributed by atoms with van der Waals surface area (Å²) in [4.78, 5) is 38.0. The Morgan fingerprint density at radius 3 is 2.63 bits per heavy atom. The van der Waals surface area contributed by atoms with E-state index in [4.69, 9.17) is 4.52 Å². The normalized spacial score (nSPS) is 10.6. The SMILES string of the molecule is Cc1cc([N+](=O)[O-])nn1Cc1noc(C(=O)NCCNC(=O)c2cccc(F)c2)n1. The van der Waals surface area contributed by atoms with E-state index >= 15 is 0 Å². The summed E-state index contributed by atoms with van der Waals surface area (Å²) in [7, 11) is 0. The smallest absolute Gasteiger partial charge is 0.358 e. The zero-order chi connectivity index (χ0) is 21.7. The number of hydrogen-bond donors (Lipinski definition) is 2. The fourth-order valence-corrected chi connectivity index (χ4v) is 2.45. The zero-order valence-corrected chi connectivity index (χ0v) is 15.7. The Morgan fingerprint density at radius 1 is 1.23 bits per heavy atom. The minimum Gasteiger partial charge on any atom is -0.358 e. The third-order valence-corrected chi connectivity index (χ3v) is 3.89. The maximum atomic E-state index is 13.1. The first-order valence-electron chi connectivity index (χ1n) is 8.67. The van der Waals surface area contributed by atoms with Gasteiger partial charge < -0.3 is 25.3 Å². The van der Waals surface area contributed by atoms with Gasteiger partial charge in [0.25, 0.3) is 5.91 Å². The van der Waals surface area contributed by atoms with Gasteiger partial charge in [-0.25, -0.2) is 4.39 Å². The van der Waals surface area contributed by atoms with Crippen molar-refractivity contribution in [2.75, 3.05) is 13.1 Å². The summed E-state index contributed by atoms with van der Waals surface area (Å²) >= 11 is 0. The molecular weight excluding hydrogens is 401 g/mol. The van der Waals surface area contributed by atoms with Crippen LogP contribution in [-0.2, 0) is 6.54 Å². The number of amides is 2. The minimum atomic E-state index is -0.656. The summed E-state index contributed by atoms with van der Waals surface area (Å²) in [5.74, 6) is -2.16. The lowest BCUT2D eigenvalue weighted by molar-refractivity contribution is -0.389. The van der Waals surface area contributed by atoms with E-state index in [1.54, 1.807) is 6.92 Å². The molecule has 3 rings (SSSR count). The van der Waals surface area contributed by atoms with Crippen LogP contribution in [0.15, 0.2) is 34.9 Å². The summed E-state index contributed by atoms with van der Waals surface area (Å²) in [6.45, 7) is 1.78. The predicted octanol–water partition coefficient (Wildman–Crippen LogP) is 0.830. The largest absolute Gasteiger partial charge is 0.390 e. The van der Waals surface area contributed by atoms with Crippen molar-refractivity contribution in [3.63, 3.8) is 0 Å². The van der Waals surface area contributed by atoms with Crippen molar-refractivity contribution in [1.82, 2.24) is 30.6 Å². The number of aryl methyl sites for hydroxylation is 1. The molecule has 0 saturated carbocycles. The molecule has 12 nitrogen and oxygen atoms in total. The molecule has 30 heavy (non-hydrogen) atoms. The molecule has 0 aliphatic heterocycles. The number of hydrogen-bond acceptors (Lipinski definition) is 8. The van der Waals surface area contributed by atoms with Crippen LogP contribution in [0.5, 0.6) is 0 Å². The van der Waals surface area contributed by atoms with Gasteiger partial charge in [-0.15, -0.1) is 0 Å². The van der Waals surface area contributed by atoms with Crippen LogP contribution in [0.1, 0.15) is 32.6 Å². The van der Waals surface area contributed by atoms with Gasteiger partial charge in [0.1, 0.15) is 12.4 Å². The molecule has 0 radical (unpaired) electrons. The highest BCUT2D eigenvalue weighted by atomic mass is 19.1. The van der Waals surface area contributed by atoms with Crippen LogP contribution in [0.2, 0.25) is 0 Å². The number of aromatic nitrogens is 4. The minimum absolute atomic E-state index is 0.0137. The van der Waals surface area contributed by atoms with Crippen LogP contribution in [-0.4, -0.2) is 49.7 Å². The molecule has 0 unspecified atom stereocenters. The Kier molecular flexibility index (Phi) is 6.10. The number of nitro groups is 1. The van der Waals surface area contributed by atoms with Crippen LogP contribution in [0.4, 0.5) is 10.2 Å². The van der Waals surface area contributed by atoms with Crippen LogP contribution < -0.4 is 10.6 Å². The van der Waals surface area contributed by atoms with Crippen LogP contribution in [0.3, 0.4) is 0 Å². The second kappa shape index (κ2) is 8.89. The Hall–Kier alpha value is -4.16. The highest BCUT2D eigenvalue weighted by molar-refractivity contribution is 5.94. The van der Waals surface area contributed by atoms with Gasteiger partial charge in [0.05, 0.1) is 16.9 Å². The first-order valence-corrected chi connectivity index (χ1v) is 8.67. The predicted molar refractivity (Wildman–Crippen MR) is 98.1 cm³/mol. The summed E-state index contributed by atoms with van der Waals surface area (Å²) in [5.41, 5.74) is 0.684. The van der Waals surface area contributed by atoms with E-state index in [0.29, 0.717) is 5.69 Å². The van der Waals surface area contributed by atoms with E-state index < -0.39 is 22.6 Å². The summed E-state index contributed by atoms with van der Waals surface area (Å²) in [6, 6.07) is 6.51. The number of benzene rings is 1. The maximum absolute atomic E-state index is 13.1. The van der Waals surface area contributed by atoms with Crippen LogP contribution in [0, 0.1) is 22.9 Å². The molecule has 0 aliphatic rings. The lowest BCUT2D eigenvalue weighted by atomic mass is 10.2. The second-order valence-corrected chi connectivity index (χ2v) is 6.10. The Bertz CT molecular complexity index is 1090. The molecule has 156 valence electrons. The van der Waals surface area contributed by atoms with Gasteiger partial charge in [0.2, 0.25) is 0 Å². The number of nitrogens with one attached hydrogen (secondary N) is 2. The van der Waals surface area contributed by atoms with E-state index in [2.05, 4.69) is 25.9 Å². The van der Waals surface area contributed by atoms with E-state index in [0.717, 1.165) is 6.07 Å². The molecule has 2 amide bonds. The van der Waals surface area contributed by atoms with E-state index in [1.165, 1.54) is 28.9 Å². The second-order valence-electron chi connectivity index (χ2n) is 6.10. The monoisotopic (exact) mass is 417 g/mol. The van der Waals surface area contributed by atoms with Crippen molar-refractivity contribution < 1.29 is 23.4 Å². The highest BCUT2D eigenvalue weighted by Gasteiger charge is 2.19. The molecule has 2 N–H and O–H groups in total. The Morgan fingerprint density at radius 2 is 1.97 bits per heavy atom. The Balaban J connectivity index is 1.48. The highest BCUT2D eigenvalue weighted by Crippen LogP contribution is 2.12. The van der Waals surface area contributed by atoms with Gasteiger partial charge >= 0.3 is 17.6 Å². The molecular formula is C17H16FN7O5. The fraction of sp³-hybridized carbons (Fsp3) is 0.235. The van der Waals surface area contributed by atoms with Gasteiger partial charge in [-0.2, -0.15) is 9.67 Å². The molecule has 0 aliphatic carbocycles. The quantitative estimate of drug-likeness (QED) is 0.310. The molecule has 0 spiro atoms. The van der Waals surface area contributed by atoms with Crippen molar-refractivity contribution in [3.05, 3.63) is 69.2 Å². The summed E-state index contributed by atoms with van der Waals surface area (Å²) in [5, 5.41) is 23.2. The number of carbonyl (C=O) groups is 2. The number of carbonyl (C=O) groups excluding carboxylic acids is 2. The van der Waals surface area contributed by atoms with Crippen LogP contribution >= 0.6 is 0 Å². The molecule has 0 saturated heterocycles. The van der Waals surface area contributed by atoms with Crippen LogP contribution in [0.25, 0.3) is 0 Å². The molecule has 13 heteroatoms. The maximum Gasteiger partial charge on any atom is 0.390 e. The van der Waals surface area contributed by atoms with E-state index in [9.17, 15) is 24.1 Å². The average Bonchev–Trinajstić information content (AvgIpc) is 3.32. The molecule has 0 bridgehead atoms. The van der Waals surface area contributed by atoms with Gasteiger partial charge in [0, 0.05) is 18.7 Å².